The zero-order valence-corrected chi connectivity index (χ0v) is 15.3. The number of halogens is 1. The third-order valence-corrected chi connectivity index (χ3v) is 4.34. The first-order chi connectivity index (χ1) is 12.5. The van der Waals surface area contributed by atoms with Crippen molar-refractivity contribution in [2.75, 3.05) is 24.4 Å². The number of carbonyl (C=O) groups excluding carboxylic acids is 2. The van der Waals surface area contributed by atoms with Gasteiger partial charge in [0.25, 0.3) is 11.8 Å². The molecule has 1 aliphatic rings. The molecule has 1 aliphatic heterocycles. The van der Waals surface area contributed by atoms with Crippen LogP contribution in [0.25, 0.3) is 0 Å². The molecule has 2 aromatic rings. The minimum Gasteiger partial charge on any atom is -0.497 e. The highest BCUT2D eigenvalue weighted by molar-refractivity contribution is 6.53. The van der Waals surface area contributed by atoms with E-state index in [0.717, 1.165) is 10.5 Å². The molecule has 7 heteroatoms. The zero-order chi connectivity index (χ0) is 18.8. The quantitative estimate of drug-likeness (QED) is 0.814. The predicted octanol–water partition coefficient (Wildman–Crippen LogP) is 3.45. The molecule has 2 amide bonds. The smallest absolute Gasteiger partial charge is 0.283 e. The first-order valence-corrected chi connectivity index (χ1v) is 8.18. The van der Waals surface area contributed by atoms with Gasteiger partial charge >= 0.3 is 0 Å². The minimum absolute atomic E-state index is 0.000656. The Kier molecular flexibility index (Phi) is 4.86. The first kappa shape index (κ1) is 17.8. The maximum absolute atomic E-state index is 12.8. The lowest BCUT2D eigenvalue weighted by Crippen LogP contribution is -2.32. The Morgan fingerprint density at radius 3 is 2.27 bits per heavy atom. The van der Waals surface area contributed by atoms with Gasteiger partial charge in [-0.05, 0) is 31.2 Å². The van der Waals surface area contributed by atoms with E-state index in [2.05, 4.69) is 5.32 Å². The molecule has 3 rings (SSSR count). The number of amides is 2. The van der Waals surface area contributed by atoms with E-state index in [9.17, 15) is 9.59 Å². The van der Waals surface area contributed by atoms with Crippen LogP contribution in [0.3, 0.4) is 0 Å². The Morgan fingerprint density at radius 1 is 0.962 bits per heavy atom. The molecule has 0 radical (unpaired) electrons. The molecule has 0 atom stereocenters. The van der Waals surface area contributed by atoms with Crippen LogP contribution >= 0.6 is 11.6 Å². The van der Waals surface area contributed by atoms with Crippen molar-refractivity contribution in [2.24, 2.45) is 0 Å². The summed E-state index contributed by atoms with van der Waals surface area (Å²) >= 11 is 6.14. The van der Waals surface area contributed by atoms with Gasteiger partial charge in [0.05, 0.1) is 25.6 Å². The van der Waals surface area contributed by atoms with Crippen molar-refractivity contribution >= 4 is 34.8 Å². The van der Waals surface area contributed by atoms with E-state index in [1.54, 1.807) is 37.4 Å². The van der Waals surface area contributed by atoms with E-state index in [4.69, 9.17) is 21.1 Å². The molecule has 0 aromatic heterocycles. The Morgan fingerprint density at radius 2 is 1.65 bits per heavy atom. The number of rotatable bonds is 5. The van der Waals surface area contributed by atoms with Gasteiger partial charge in [-0.15, -0.1) is 0 Å². The summed E-state index contributed by atoms with van der Waals surface area (Å²) in [6, 6.07) is 12.1. The molecule has 0 fully saturated rings. The second kappa shape index (κ2) is 7.09. The van der Waals surface area contributed by atoms with Crippen LogP contribution in [-0.2, 0) is 9.59 Å². The van der Waals surface area contributed by atoms with Gasteiger partial charge in [0.15, 0.2) is 0 Å². The van der Waals surface area contributed by atoms with E-state index in [1.165, 1.54) is 7.11 Å². The summed E-state index contributed by atoms with van der Waals surface area (Å²) in [6.07, 6.45) is 0. The molecule has 26 heavy (non-hydrogen) atoms. The number of carbonyl (C=O) groups is 2. The molecular weight excluding hydrogens is 356 g/mol. The van der Waals surface area contributed by atoms with Gasteiger partial charge in [-0.1, -0.05) is 29.3 Å². The fraction of sp³-hybridized carbons (Fsp3) is 0.158. The van der Waals surface area contributed by atoms with Crippen LogP contribution < -0.4 is 19.7 Å². The molecule has 0 bridgehead atoms. The number of hydrogen-bond acceptors (Lipinski definition) is 5. The number of hydrogen-bond donors (Lipinski definition) is 1. The maximum atomic E-state index is 12.8. The van der Waals surface area contributed by atoms with Crippen LogP contribution in [0.5, 0.6) is 11.5 Å². The molecule has 1 N–H and O–H groups in total. The number of nitrogens with one attached hydrogen (secondary N) is 1. The number of methoxy groups -OCH3 is 2. The summed E-state index contributed by atoms with van der Waals surface area (Å²) in [6.45, 7) is 1.92. The molecule has 1 heterocycles. The van der Waals surface area contributed by atoms with Gasteiger partial charge in [-0.3, -0.25) is 9.59 Å². The Balaban J connectivity index is 1.92. The fourth-order valence-electron chi connectivity index (χ4n) is 2.58. The van der Waals surface area contributed by atoms with Gasteiger partial charge in [-0.25, -0.2) is 4.90 Å². The van der Waals surface area contributed by atoms with E-state index in [0.29, 0.717) is 22.9 Å². The van der Waals surface area contributed by atoms with E-state index < -0.39 is 11.8 Å². The lowest BCUT2D eigenvalue weighted by molar-refractivity contribution is -0.120. The lowest BCUT2D eigenvalue weighted by atomic mass is 10.2. The van der Waals surface area contributed by atoms with Crippen LogP contribution in [0.4, 0.5) is 11.4 Å². The van der Waals surface area contributed by atoms with E-state index in [1.807, 2.05) is 19.1 Å². The molecule has 6 nitrogen and oxygen atoms in total. The van der Waals surface area contributed by atoms with Crippen molar-refractivity contribution in [1.82, 2.24) is 0 Å². The largest absolute Gasteiger partial charge is 0.497 e. The van der Waals surface area contributed by atoms with Crippen LogP contribution in [-0.4, -0.2) is 26.0 Å². The van der Waals surface area contributed by atoms with Gasteiger partial charge < -0.3 is 14.8 Å². The van der Waals surface area contributed by atoms with Crippen LogP contribution in [0.15, 0.2) is 53.2 Å². The highest BCUT2D eigenvalue weighted by Crippen LogP contribution is 2.34. The van der Waals surface area contributed by atoms with Crippen molar-refractivity contribution < 1.29 is 19.1 Å². The summed E-state index contributed by atoms with van der Waals surface area (Å²) in [5.74, 6) is -0.0462. The normalized spacial score (nSPS) is 14.1. The van der Waals surface area contributed by atoms with Crippen molar-refractivity contribution in [1.29, 1.82) is 0 Å². The second-order valence-corrected chi connectivity index (χ2v) is 6.04. The number of anilines is 2. The number of benzene rings is 2. The summed E-state index contributed by atoms with van der Waals surface area (Å²) in [5, 5.41) is 2.74. The maximum Gasteiger partial charge on any atom is 0.283 e. The minimum atomic E-state index is -0.574. The number of aryl methyl sites for hydroxylation is 1. The Labute approximate surface area is 156 Å². The predicted molar refractivity (Wildman–Crippen MR) is 99.7 cm³/mol. The topological polar surface area (TPSA) is 67.9 Å². The first-order valence-electron chi connectivity index (χ1n) is 7.80. The van der Waals surface area contributed by atoms with Crippen LogP contribution in [0, 0.1) is 6.92 Å². The third-order valence-electron chi connectivity index (χ3n) is 3.99. The third kappa shape index (κ3) is 3.11. The molecule has 0 unspecified atom stereocenters. The molecule has 0 saturated heterocycles. The van der Waals surface area contributed by atoms with Gasteiger partial charge in [0, 0.05) is 6.07 Å². The average molecular weight is 373 g/mol. The van der Waals surface area contributed by atoms with Crippen molar-refractivity contribution in [3.63, 3.8) is 0 Å². The second-order valence-electron chi connectivity index (χ2n) is 5.66. The van der Waals surface area contributed by atoms with Crippen molar-refractivity contribution in [3.05, 3.63) is 58.8 Å². The summed E-state index contributed by atoms with van der Waals surface area (Å²) in [4.78, 5) is 26.3. The van der Waals surface area contributed by atoms with E-state index >= 15 is 0 Å². The molecule has 0 spiro atoms. The summed E-state index contributed by atoms with van der Waals surface area (Å²) in [7, 11) is 3.04. The van der Waals surface area contributed by atoms with Gasteiger partial charge in [0.1, 0.15) is 22.2 Å². The van der Waals surface area contributed by atoms with Crippen LogP contribution in [0.1, 0.15) is 5.56 Å². The monoisotopic (exact) mass is 372 g/mol. The molecular formula is C19H17ClN2O4. The SMILES string of the molecule is COc1ccc(NC2=C(Cl)C(=O)N(c3ccc(C)cc3)C2=O)c(OC)c1. The van der Waals surface area contributed by atoms with Gasteiger partial charge in [-0.2, -0.15) is 0 Å². The van der Waals surface area contributed by atoms with Crippen molar-refractivity contribution in [2.45, 2.75) is 6.92 Å². The zero-order valence-electron chi connectivity index (χ0n) is 14.5. The van der Waals surface area contributed by atoms with Crippen LogP contribution in [0.2, 0.25) is 0 Å². The Bertz CT molecular complexity index is 906. The number of ether oxygens (including phenoxy) is 2. The number of nitrogens with zero attached hydrogens (tertiary/aromatic N) is 1. The standard InChI is InChI=1S/C19H17ClN2O4/c1-11-4-6-12(7-5-11)22-18(23)16(20)17(19(22)24)21-14-9-8-13(25-2)10-15(14)26-3/h4-10,21H,1-3H3. The highest BCUT2D eigenvalue weighted by Gasteiger charge is 2.39. The molecule has 134 valence electrons. The van der Waals surface area contributed by atoms with Gasteiger partial charge in [0.2, 0.25) is 0 Å². The lowest BCUT2D eigenvalue weighted by Gasteiger charge is -2.16. The Hall–Kier alpha value is -2.99. The highest BCUT2D eigenvalue weighted by atomic mass is 35.5. The molecule has 0 saturated carbocycles. The fourth-order valence-corrected chi connectivity index (χ4v) is 2.79. The molecule has 2 aromatic carbocycles. The average Bonchev–Trinajstić information content (AvgIpc) is 2.86. The molecule has 0 aliphatic carbocycles. The number of imide groups is 1. The van der Waals surface area contributed by atoms with Crippen molar-refractivity contribution in [3.8, 4) is 11.5 Å². The van der Waals surface area contributed by atoms with E-state index in [-0.39, 0.29) is 10.7 Å². The summed E-state index contributed by atoms with van der Waals surface area (Å²) in [5.41, 5.74) is 1.98. The summed E-state index contributed by atoms with van der Waals surface area (Å²) < 4.78 is 10.5.